The van der Waals surface area contributed by atoms with E-state index < -0.39 is 17.5 Å². The maximum atomic E-state index is 13.4. The van der Waals surface area contributed by atoms with Gasteiger partial charge in [0.25, 0.3) is 11.8 Å². The van der Waals surface area contributed by atoms with Crippen LogP contribution in [0.25, 0.3) is 0 Å². The molecule has 3 heterocycles. The van der Waals surface area contributed by atoms with Crippen molar-refractivity contribution in [3.05, 3.63) is 64.7 Å². The predicted octanol–water partition coefficient (Wildman–Crippen LogP) is 2.96. The number of urea groups is 1. The van der Waals surface area contributed by atoms with E-state index in [4.69, 9.17) is 4.74 Å². The number of fused-ring (bicyclic) bond motifs is 2. The van der Waals surface area contributed by atoms with Gasteiger partial charge in [0, 0.05) is 31.3 Å². The third kappa shape index (κ3) is 4.40. The molecular weight excluding hydrogens is 494 g/mol. The summed E-state index contributed by atoms with van der Waals surface area (Å²) < 4.78 is 5.62. The summed E-state index contributed by atoms with van der Waals surface area (Å²) in [6.45, 7) is 2.34. The molecule has 0 bridgehead atoms. The number of carbonyl (C=O) groups is 3. The lowest BCUT2D eigenvalue weighted by molar-refractivity contribution is -0.124. The molecule has 3 unspecified atom stereocenters. The van der Waals surface area contributed by atoms with Crippen LogP contribution >= 0.6 is 0 Å². The Balaban J connectivity index is 1.22. The number of nitrogens with zero attached hydrogens (tertiary/aromatic N) is 3. The van der Waals surface area contributed by atoms with E-state index in [2.05, 4.69) is 50.9 Å². The van der Waals surface area contributed by atoms with E-state index in [0.29, 0.717) is 41.3 Å². The molecule has 3 aliphatic heterocycles. The molecule has 6 rings (SSSR count). The van der Waals surface area contributed by atoms with Crippen molar-refractivity contribution < 1.29 is 19.1 Å². The smallest absolute Gasteiger partial charge is 0.322 e. The zero-order valence-electron chi connectivity index (χ0n) is 22.1. The predicted molar refractivity (Wildman–Crippen MR) is 145 cm³/mol. The molecule has 2 N–H and O–H groups in total. The summed E-state index contributed by atoms with van der Waals surface area (Å²) in [5, 5.41) is 11.8. The van der Waals surface area contributed by atoms with Gasteiger partial charge >= 0.3 is 6.03 Å². The fourth-order valence-electron chi connectivity index (χ4n) is 6.37. The Kier molecular flexibility index (Phi) is 6.26. The van der Waals surface area contributed by atoms with Gasteiger partial charge in [0.15, 0.2) is 5.54 Å². The van der Waals surface area contributed by atoms with Crippen molar-refractivity contribution in [1.82, 2.24) is 20.5 Å². The molecule has 2 aromatic carbocycles. The highest BCUT2D eigenvalue weighted by Crippen LogP contribution is 2.40. The van der Waals surface area contributed by atoms with Crippen molar-refractivity contribution in [2.45, 2.75) is 50.2 Å². The SMILES string of the molecule is CC#CCOc1ccc2c(c1)C(=O)N(C[C@@]1(c3ccc(C4CCC5C(C=NN5C)C4)cc3)NC(=O)NC1=O)C2. The number of hydrogen-bond donors (Lipinski definition) is 2. The minimum Gasteiger partial charge on any atom is -0.481 e. The molecule has 200 valence electrons. The van der Waals surface area contributed by atoms with Gasteiger partial charge in [-0.15, -0.1) is 5.92 Å². The third-order valence-corrected chi connectivity index (χ3v) is 8.47. The first-order chi connectivity index (χ1) is 18.9. The number of hydrogen-bond acceptors (Lipinski definition) is 6. The second-order valence-electron chi connectivity index (χ2n) is 10.7. The van der Waals surface area contributed by atoms with Gasteiger partial charge < -0.3 is 15.0 Å². The molecule has 9 nitrogen and oxygen atoms in total. The Morgan fingerprint density at radius 2 is 1.95 bits per heavy atom. The number of imide groups is 1. The molecule has 0 spiro atoms. The van der Waals surface area contributed by atoms with Crippen LogP contribution in [0.2, 0.25) is 0 Å². The van der Waals surface area contributed by atoms with Gasteiger partial charge in [-0.3, -0.25) is 19.9 Å². The van der Waals surface area contributed by atoms with Gasteiger partial charge in [-0.05, 0) is 60.9 Å². The van der Waals surface area contributed by atoms with Crippen molar-refractivity contribution in [2.24, 2.45) is 11.0 Å². The summed E-state index contributed by atoms with van der Waals surface area (Å²) in [5.74, 6) is 6.38. The molecule has 0 aromatic heterocycles. The van der Waals surface area contributed by atoms with Crippen LogP contribution in [0.4, 0.5) is 4.79 Å². The normalized spacial score (nSPS) is 27.0. The molecule has 1 saturated carbocycles. The van der Waals surface area contributed by atoms with Crippen molar-refractivity contribution in [1.29, 1.82) is 0 Å². The average Bonchev–Trinajstić information content (AvgIpc) is 3.56. The minimum absolute atomic E-state index is 0.0188. The fourth-order valence-corrected chi connectivity index (χ4v) is 6.37. The van der Waals surface area contributed by atoms with Crippen LogP contribution in [0.5, 0.6) is 5.75 Å². The fraction of sp³-hybridized carbons (Fsp3) is 0.400. The number of amides is 4. The summed E-state index contributed by atoms with van der Waals surface area (Å²) in [5.41, 5.74) is 1.87. The minimum atomic E-state index is -1.37. The van der Waals surface area contributed by atoms with E-state index in [1.807, 2.05) is 31.3 Å². The quantitative estimate of drug-likeness (QED) is 0.446. The first-order valence-corrected chi connectivity index (χ1v) is 13.3. The maximum Gasteiger partial charge on any atom is 0.322 e. The molecule has 9 heteroatoms. The molecule has 4 aliphatic rings. The third-order valence-electron chi connectivity index (χ3n) is 8.47. The van der Waals surface area contributed by atoms with Gasteiger partial charge in [-0.1, -0.05) is 36.3 Å². The molecule has 2 aromatic rings. The van der Waals surface area contributed by atoms with Crippen molar-refractivity contribution in [3.63, 3.8) is 0 Å². The van der Waals surface area contributed by atoms with Crippen LogP contribution in [0.15, 0.2) is 47.6 Å². The average molecular weight is 526 g/mol. The number of carbonyl (C=O) groups excluding carboxylic acids is 3. The van der Waals surface area contributed by atoms with Crippen LogP contribution in [-0.4, -0.2) is 60.2 Å². The molecular formula is C30H31N5O4. The summed E-state index contributed by atoms with van der Waals surface area (Å²) in [4.78, 5) is 40.6. The lowest BCUT2D eigenvalue weighted by atomic mass is 9.75. The molecule has 39 heavy (non-hydrogen) atoms. The van der Waals surface area contributed by atoms with Crippen LogP contribution in [0, 0.1) is 17.8 Å². The highest BCUT2D eigenvalue weighted by atomic mass is 16.5. The zero-order valence-corrected chi connectivity index (χ0v) is 22.1. The molecule has 1 aliphatic carbocycles. The first kappa shape index (κ1) is 25.0. The number of hydrazone groups is 1. The molecule has 0 radical (unpaired) electrons. The summed E-state index contributed by atoms with van der Waals surface area (Å²) in [7, 11) is 2.04. The van der Waals surface area contributed by atoms with Crippen molar-refractivity contribution >= 4 is 24.1 Å². The van der Waals surface area contributed by atoms with E-state index in [1.54, 1.807) is 17.9 Å². The Hall–Kier alpha value is -4.32. The zero-order chi connectivity index (χ0) is 27.1. The van der Waals surface area contributed by atoms with Crippen LogP contribution in [-0.2, 0) is 16.9 Å². The lowest BCUT2D eigenvalue weighted by Crippen LogP contribution is -2.52. The second kappa shape index (κ2) is 9.77. The Labute approximate surface area is 227 Å². The van der Waals surface area contributed by atoms with Gasteiger partial charge in [0.2, 0.25) is 0 Å². The Morgan fingerprint density at radius 3 is 2.69 bits per heavy atom. The Morgan fingerprint density at radius 1 is 1.13 bits per heavy atom. The molecule has 2 fully saturated rings. The summed E-state index contributed by atoms with van der Waals surface area (Å²) in [6, 6.07) is 13.2. The monoisotopic (exact) mass is 525 g/mol. The van der Waals surface area contributed by atoms with Crippen LogP contribution in [0.1, 0.15) is 59.2 Å². The molecule has 4 amide bonds. The van der Waals surface area contributed by atoms with Crippen molar-refractivity contribution in [3.8, 4) is 17.6 Å². The van der Waals surface area contributed by atoms with Gasteiger partial charge in [-0.2, -0.15) is 5.10 Å². The lowest BCUT2D eigenvalue weighted by Gasteiger charge is -2.34. The first-order valence-electron chi connectivity index (χ1n) is 13.3. The topological polar surface area (TPSA) is 103 Å². The van der Waals surface area contributed by atoms with Crippen LogP contribution in [0.3, 0.4) is 0 Å². The van der Waals surface area contributed by atoms with E-state index in [-0.39, 0.29) is 19.1 Å². The van der Waals surface area contributed by atoms with E-state index >= 15 is 0 Å². The number of ether oxygens (including phenoxy) is 1. The van der Waals surface area contributed by atoms with Gasteiger partial charge in [-0.25, -0.2) is 4.79 Å². The second-order valence-corrected chi connectivity index (χ2v) is 10.7. The number of benzene rings is 2. The highest BCUT2D eigenvalue weighted by molar-refractivity contribution is 6.08. The largest absolute Gasteiger partial charge is 0.481 e. The van der Waals surface area contributed by atoms with E-state index in [1.165, 1.54) is 5.56 Å². The number of nitrogens with one attached hydrogen (secondary N) is 2. The van der Waals surface area contributed by atoms with E-state index in [0.717, 1.165) is 24.8 Å². The van der Waals surface area contributed by atoms with Crippen LogP contribution < -0.4 is 15.4 Å². The van der Waals surface area contributed by atoms with E-state index in [9.17, 15) is 14.4 Å². The summed E-state index contributed by atoms with van der Waals surface area (Å²) >= 11 is 0. The standard InChI is InChI=1S/C30H31N5O4/c1-3-4-13-39-24-11-7-21-17-35(27(36)25(21)15-24)18-30(28(37)32-29(38)33-30)23-9-5-19(6-10-23)20-8-12-26-22(14-20)16-31-34(26)2/h5-7,9-11,15-16,20,22,26H,8,12-14,17-18H2,1-2H3,(H2,32,33,37,38)/t20?,22?,26?,30-/m0/s1. The number of rotatable bonds is 6. The van der Waals surface area contributed by atoms with Gasteiger partial charge in [0.05, 0.1) is 12.6 Å². The highest BCUT2D eigenvalue weighted by Gasteiger charge is 2.50. The Bertz CT molecular complexity index is 1430. The molecule has 1 saturated heterocycles. The maximum absolute atomic E-state index is 13.4. The molecule has 4 atom stereocenters. The summed E-state index contributed by atoms with van der Waals surface area (Å²) in [6.07, 6.45) is 5.27. The van der Waals surface area contributed by atoms with Gasteiger partial charge in [0.1, 0.15) is 12.4 Å². The van der Waals surface area contributed by atoms with Crippen molar-refractivity contribution in [2.75, 3.05) is 20.2 Å².